The predicted molar refractivity (Wildman–Crippen MR) is 156 cm³/mol. The van der Waals surface area contributed by atoms with Gasteiger partial charge in [-0.2, -0.15) is 0 Å². The van der Waals surface area contributed by atoms with Gasteiger partial charge in [0.1, 0.15) is 5.76 Å². The minimum absolute atomic E-state index is 0.383. The number of benzene rings is 1. The topological polar surface area (TPSA) is 13.1 Å². The Kier molecular flexibility index (Phi) is 6.87. The zero-order valence-corrected chi connectivity index (χ0v) is 24.7. The van der Waals surface area contributed by atoms with Crippen LogP contribution in [0.3, 0.4) is 0 Å². The second-order valence-corrected chi connectivity index (χ2v) is 15.0. The fourth-order valence-corrected chi connectivity index (χ4v) is 10.7. The summed E-state index contributed by atoms with van der Waals surface area (Å²) < 4.78 is 6.34. The smallest absolute Gasteiger partial charge is 0.108 e. The SMILES string of the molecule is CC(C)CCC[C@H](C)[C@@H]1CC[C@@H]2[C@@H]3CC[C@@H]4Cc5c(-c6ccccc6Cl)coc5C[C@]4(C)[C@H]3CC[C@@]21C. The van der Waals surface area contributed by atoms with Gasteiger partial charge in [0, 0.05) is 28.1 Å². The molecule has 0 saturated heterocycles. The maximum absolute atomic E-state index is 6.61. The molecule has 1 nitrogen and oxygen atoms in total. The summed E-state index contributed by atoms with van der Waals surface area (Å²) in [5, 5.41) is 0.837. The molecule has 0 amide bonds. The summed E-state index contributed by atoms with van der Waals surface area (Å²) in [6.45, 7) is 12.7. The fourth-order valence-electron chi connectivity index (χ4n) is 10.5. The van der Waals surface area contributed by atoms with Crippen molar-refractivity contribution < 1.29 is 4.42 Å². The molecule has 0 N–H and O–H groups in total. The van der Waals surface area contributed by atoms with E-state index in [2.05, 4.69) is 46.8 Å². The van der Waals surface area contributed by atoms with Crippen LogP contribution in [0.15, 0.2) is 34.9 Å². The molecule has 2 heteroatoms. The Hall–Kier alpha value is -1.21. The molecule has 0 radical (unpaired) electrons. The summed E-state index contributed by atoms with van der Waals surface area (Å²) >= 11 is 6.61. The molecule has 1 aromatic heterocycles. The molecular formula is C35H49ClO. The molecule has 0 bridgehead atoms. The van der Waals surface area contributed by atoms with Crippen molar-refractivity contribution >= 4 is 11.6 Å². The molecule has 1 aromatic carbocycles. The third kappa shape index (κ3) is 4.25. The number of hydrogen-bond acceptors (Lipinski definition) is 1. The van der Waals surface area contributed by atoms with Gasteiger partial charge < -0.3 is 4.42 Å². The average Bonchev–Trinajstić information content (AvgIpc) is 3.42. The van der Waals surface area contributed by atoms with Crippen LogP contribution in [0.1, 0.15) is 104 Å². The molecular weight excluding hydrogens is 472 g/mol. The molecule has 8 atom stereocenters. The summed E-state index contributed by atoms with van der Waals surface area (Å²) in [7, 11) is 0. The standard InChI is InChI=1S/C35H49ClO/c1-22(2)9-8-10-23(3)29-15-16-30-26-14-13-24-19-27-28(25-11-6-7-12-32(25)36)21-37-33(27)20-35(24,5)31(26)17-18-34(29,30)4/h6-7,11-12,21-24,26,29-31H,8-10,13-20H2,1-5H3/t23-,24+,26-,29-,30+,31-,34+,35-/m0/s1. The van der Waals surface area contributed by atoms with E-state index in [9.17, 15) is 0 Å². The van der Waals surface area contributed by atoms with E-state index in [0.717, 1.165) is 58.4 Å². The van der Waals surface area contributed by atoms with Crippen molar-refractivity contribution in [1.82, 2.24) is 0 Å². The van der Waals surface area contributed by atoms with Gasteiger partial charge in [0.2, 0.25) is 0 Å². The van der Waals surface area contributed by atoms with E-state index >= 15 is 0 Å². The van der Waals surface area contributed by atoms with Gasteiger partial charge in [0.05, 0.1) is 6.26 Å². The van der Waals surface area contributed by atoms with E-state index in [1.54, 1.807) is 0 Å². The highest BCUT2D eigenvalue weighted by molar-refractivity contribution is 6.33. The normalized spacial score (nSPS) is 37.5. The third-order valence-electron chi connectivity index (χ3n) is 12.4. The van der Waals surface area contributed by atoms with Crippen molar-refractivity contribution in [3.05, 3.63) is 46.9 Å². The molecule has 1 heterocycles. The number of halogens is 1. The van der Waals surface area contributed by atoms with E-state index in [4.69, 9.17) is 16.0 Å². The van der Waals surface area contributed by atoms with Crippen LogP contribution in [-0.2, 0) is 12.8 Å². The number of furan rings is 1. The molecule has 202 valence electrons. The minimum atomic E-state index is 0.383. The first-order valence-electron chi connectivity index (χ1n) is 15.6. The van der Waals surface area contributed by atoms with Crippen molar-refractivity contribution in [2.24, 2.45) is 52.3 Å². The Morgan fingerprint density at radius 2 is 1.70 bits per heavy atom. The van der Waals surface area contributed by atoms with Gasteiger partial charge in [-0.3, -0.25) is 0 Å². The highest BCUT2D eigenvalue weighted by Gasteiger charge is 2.60. The molecule has 3 fully saturated rings. The largest absolute Gasteiger partial charge is 0.468 e. The van der Waals surface area contributed by atoms with Crippen molar-refractivity contribution in [1.29, 1.82) is 0 Å². The molecule has 0 unspecified atom stereocenters. The van der Waals surface area contributed by atoms with Gasteiger partial charge >= 0.3 is 0 Å². The molecule has 0 aliphatic heterocycles. The Bertz CT molecular complexity index is 1110. The fraction of sp³-hybridized carbons (Fsp3) is 0.714. The van der Waals surface area contributed by atoms with Crippen LogP contribution in [0.5, 0.6) is 0 Å². The van der Waals surface area contributed by atoms with Gasteiger partial charge in [-0.15, -0.1) is 0 Å². The third-order valence-corrected chi connectivity index (χ3v) is 12.7. The number of fused-ring (bicyclic) bond motifs is 6. The molecule has 0 spiro atoms. The van der Waals surface area contributed by atoms with Gasteiger partial charge in [0.25, 0.3) is 0 Å². The molecule has 37 heavy (non-hydrogen) atoms. The molecule has 3 saturated carbocycles. The summed E-state index contributed by atoms with van der Waals surface area (Å²) in [5.74, 6) is 7.43. The first-order valence-corrected chi connectivity index (χ1v) is 15.9. The minimum Gasteiger partial charge on any atom is -0.468 e. The monoisotopic (exact) mass is 520 g/mol. The van der Waals surface area contributed by atoms with Crippen molar-refractivity contribution in [3.63, 3.8) is 0 Å². The summed E-state index contributed by atoms with van der Waals surface area (Å²) in [5.41, 5.74) is 4.79. The molecule has 2 aromatic rings. The van der Waals surface area contributed by atoms with Crippen LogP contribution >= 0.6 is 11.6 Å². The zero-order valence-electron chi connectivity index (χ0n) is 24.0. The lowest BCUT2D eigenvalue weighted by Gasteiger charge is -2.60. The van der Waals surface area contributed by atoms with Crippen molar-refractivity contribution in [2.45, 2.75) is 105 Å². The summed E-state index contributed by atoms with van der Waals surface area (Å²) in [4.78, 5) is 0. The maximum atomic E-state index is 6.61. The van der Waals surface area contributed by atoms with Crippen LogP contribution in [0.2, 0.25) is 5.02 Å². The van der Waals surface area contributed by atoms with Crippen LogP contribution in [0.25, 0.3) is 11.1 Å². The Morgan fingerprint density at radius 1 is 0.919 bits per heavy atom. The Morgan fingerprint density at radius 3 is 2.49 bits per heavy atom. The Balaban J connectivity index is 1.22. The van der Waals surface area contributed by atoms with Crippen LogP contribution in [0, 0.1) is 52.3 Å². The second kappa shape index (κ2) is 9.76. The first kappa shape index (κ1) is 26.0. The quantitative estimate of drug-likeness (QED) is 0.369. The second-order valence-electron chi connectivity index (χ2n) is 14.6. The van der Waals surface area contributed by atoms with E-state index < -0.39 is 0 Å². The zero-order chi connectivity index (χ0) is 25.9. The maximum Gasteiger partial charge on any atom is 0.108 e. The van der Waals surface area contributed by atoms with Crippen LogP contribution in [-0.4, -0.2) is 0 Å². The molecule has 6 rings (SSSR count). The molecule has 4 aliphatic carbocycles. The highest BCUT2D eigenvalue weighted by Crippen LogP contribution is 2.68. The van der Waals surface area contributed by atoms with Gasteiger partial charge in [-0.1, -0.05) is 83.7 Å². The van der Waals surface area contributed by atoms with E-state index in [1.165, 1.54) is 81.1 Å². The first-order chi connectivity index (χ1) is 17.7. The van der Waals surface area contributed by atoms with Gasteiger partial charge in [-0.05, 0) is 103 Å². The number of hydrogen-bond donors (Lipinski definition) is 0. The van der Waals surface area contributed by atoms with Crippen molar-refractivity contribution in [2.75, 3.05) is 0 Å². The lowest BCUT2D eigenvalue weighted by molar-refractivity contribution is -0.105. The highest BCUT2D eigenvalue weighted by atomic mass is 35.5. The molecule has 4 aliphatic rings. The van der Waals surface area contributed by atoms with E-state index in [-0.39, 0.29) is 0 Å². The van der Waals surface area contributed by atoms with E-state index in [1.807, 2.05) is 18.4 Å². The lowest BCUT2D eigenvalue weighted by Crippen LogP contribution is -2.54. The predicted octanol–water partition coefficient (Wildman–Crippen LogP) is 10.6. The Labute approximate surface area is 231 Å². The van der Waals surface area contributed by atoms with Gasteiger partial charge in [0.15, 0.2) is 0 Å². The van der Waals surface area contributed by atoms with Crippen LogP contribution < -0.4 is 0 Å². The summed E-state index contributed by atoms with van der Waals surface area (Å²) in [6, 6.07) is 8.28. The average molecular weight is 521 g/mol. The van der Waals surface area contributed by atoms with Crippen molar-refractivity contribution in [3.8, 4) is 11.1 Å². The van der Waals surface area contributed by atoms with E-state index in [0.29, 0.717) is 10.8 Å². The summed E-state index contributed by atoms with van der Waals surface area (Å²) in [6.07, 6.45) is 17.3. The lowest BCUT2D eigenvalue weighted by atomic mass is 9.44. The number of rotatable bonds is 6. The van der Waals surface area contributed by atoms with Gasteiger partial charge in [-0.25, -0.2) is 0 Å². The van der Waals surface area contributed by atoms with Crippen LogP contribution in [0.4, 0.5) is 0 Å².